The Kier molecular flexibility index (Phi) is 8.95. The SMILES string of the molecule is CCC1(O)CC2CN(CCc3c([nH]c4ccccc34)[C@@](C)(c3cc4c(cc3C)N(C)C3[C@]45CCN4CC=C[C@](CC)(C45)[C@@H](O)[C@]3(O)C(=O)CCC(C)P)C2)C1. The summed E-state index contributed by atoms with van der Waals surface area (Å²) in [6.45, 7) is 15.3. The molecule has 7 unspecified atom stereocenters. The van der Waals surface area contributed by atoms with Gasteiger partial charge in [0.1, 0.15) is 6.10 Å². The van der Waals surface area contributed by atoms with Gasteiger partial charge in [-0.15, -0.1) is 9.24 Å². The van der Waals surface area contributed by atoms with E-state index in [-0.39, 0.29) is 23.9 Å². The summed E-state index contributed by atoms with van der Waals surface area (Å²) >= 11 is 0. The van der Waals surface area contributed by atoms with Crippen molar-refractivity contribution in [2.24, 2.45) is 11.3 Å². The lowest BCUT2D eigenvalue weighted by atomic mass is 9.47. The van der Waals surface area contributed by atoms with Gasteiger partial charge in [0.15, 0.2) is 11.4 Å². The number of H-pyrrole nitrogens is 1. The molecule has 9 rings (SSSR count). The maximum atomic E-state index is 14.7. The van der Waals surface area contributed by atoms with Crippen LogP contribution in [-0.4, -0.2) is 111 Å². The van der Waals surface area contributed by atoms with Gasteiger partial charge in [0.05, 0.1) is 11.6 Å². The number of aryl methyl sites for hydroxylation is 1. The van der Waals surface area contributed by atoms with E-state index in [1.807, 2.05) is 0 Å². The molecule has 2 saturated heterocycles. The molecule has 1 aromatic heterocycles. The molecule has 6 aliphatic rings. The van der Waals surface area contributed by atoms with Crippen LogP contribution < -0.4 is 4.90 Å². The number of rotatable bonds is 7. The number of aliphatic hydroxyl groups is 3. The summed E-state index contributed by atoms with van der Waals surface area (Å²) < 4.78 is 0. The fourth-order valence-electron chi connectivity index (χ4n) is 13.6. The predicted molar refractivity (Wildman–Crippen MR) is 224 cm³/mol. The number of para-hydroxylation sites is 1. The van der Waals surface area contributed by atoms with Gasteiger partial charge in [-0.1, -0.05) is 57.2 Å². The van der Waals surface area contributed by atoms with E-state index >= 15 is 0 Å². The molecule has 1 aliphatic carbocycles. The number of aliphatic hydroxyl groups excluding tert-OH is 1. The summed E-state index contributed by atoms with van der Waals surface area (Å²) in [5, 5.41) is 39.1. The Hall–Kier alpha value is -2.58. The highest BCUT2D eigenvalue weighted by Crippen LogP contribution is 2.67. The quantitative estimate of drug-likeness (QED) is 0.173. The van der Waals surface area contributed by atoms with Gasteiger partial charge in [0, 0.05) is 84.2 Å². The zero-order valence-electron chi connectivity index (χ0n) is 33.9. The third kappa shape index (κ3) is 5.13. The van der Waals surface area contributed by atoms with Crippen molar-refractivity contribution in [3.05, 3.63) is 76.5 Å². The lowest BCUT2D eigenvalue weighted by Gasteiger charge is -2.63. The Bertz CT molecular complexity index is 2060. The molecule has 9 heteroatoms. The number of benzene rings is 2. The second-order valence-corrected chi connectivity index (χ2v) is 20.3. The van der Waals surface area contributed by atoms with Crippen LogP contribution in [0.2, 0.25) is 0 Å². The maximum Gasteiger partial charge on any atom is 0.170 e. The molecule has 4 N–H and O–H groups in total. The third-order valence-corrected chi connectivity index (χ3v) is 16.3. The highest BCUT2D eigenvalue weighted by molar-refractivity contribution is 7.17. The molecular weight excluding hydrogens is 704 g/mol. The fourth-order valence-corrected chi connectivity index (χ4v) is 13.8. The minimum absolute atomic E-state index is 0.0635. The molecule has 12 atom stereocenters. The molecule has 55 heavy (non-hydrogen) atoms. The summed E-state index contributed by atoms with van der Waals surface area (Å²) in [5.41, 5.74) is 4.38. The Morgan fingerprint density at radius 2 is 1.85 bits per heavy atom. The number of carbonyl (C=O) groups is 1. The maximum absolute atomic E-state index is 14.7. The largest absolute Gasteiger partial charge is 0.389 e. The molecule has 296 valence electrons. The van der Waals surface area contributed by atoms with Crippen molar-refractivity contribution in [3.63, 3.8) is 0 Å². The van der Waals surface area contributed by atoms with Crippen molar-refractivity contribution in [3.8, 4) is 0 Å². The molecule has 2 bridgehead atoms. The average Bonchev–Trinajstić information content (AvgIpc) is 3.82. The highest BCUT2D eigenvalue weighted by Gasteiger charge is 2.78. The van der Waals surface area contributed by atoms with Gasteiger partial charge in [-0.2, -0.15) is 0 Å². The second-order valence-electron chi connectivity index (χ2n) is 19.1. The van der Waals surface area contributed by atoms with Crippen LogP contribution in [0.1, 0.15) is 101 Å². The molecule has 0 radical (unpaired) electrons. The van der Waals surface area contributed by atoms with Crippen molar-refractivity contribution in [2.45, 2.75) is 132 Å². The van der Waals surface area contributed by atoms with Crippen LogP contribution in [0.25, 0.3) is 10.9 Å². The fraction of sp³-hybridized carbons (Fsp3) is 0.630. The number of ketones is 1. The van der Waals surface area contributed by atoms with Crippen LogP contribution in [0.4, 0.5) is 5.69 Å². The number of aromatic nitrogens is 1. The summed E-state index contributed by atoms with van der Waals surface area (Å²) in [7, 11) is 4.85. The Balaban J connectivity index is 1.28. The number of nitrogens with one attached hydrogen (secondary N) is 1. The Morgan fingerprint density at radius 1 is 1.07 bits per heavy atom. The number of nitrogens with zero attached hydrogens (tertiary/aromatic N) is 3. The Morgan fingerprint density at radius 3 is 2.60 bits per heavy atom. The van der Waals surface area contributed by atoms with E-state index in [4.69, 9.17) is 0 Å². The van der Waals surface area contributed by atoms with Crippen LogP contribution >= 0.6 is 9.24 Å². The van der Waals surface area contributed by atoms with E-state index in [1.54, 1.807) is 0 Å². The van der Waals surface area contributed by atoms with Gasteiger partial charge in [0.2, 0.25) is 0 Å². The van der Waals surface area contributed by atoms with Crippen molar-refractivity contribution in [2.75, 3.05) is 44.7 Å². The van der Waals surface area contributed by atoms with Gasteiger partial charge in [-0.25, -0.2) is 0 Å². The first-order valence-electron chi connectivity index (χ1n) is 21.2. The third-order valence-electron chi connectivity index (χ3n) is 16.0. The molecule has 2 aromatic carbocycles. The lowest BCUT2D eigenvalue weighted by Crippen LogP contribution is -2.80. The number of hydrogen-bond acceptors (Lipinski definition) is 7. The molecule has 0 amide bonds. The van der Waals surface area contributed by atoms with Crippen LogP contribution in [0.15, 0.2) is 48.6 Å². The van der Waals surface area contributed by atoms with Crippen LogP contribution in [0.3, 0.4) is 0 Å². The van der Waals surface area contributed by atoms with Crippen molar-refractivity contribution >= 4 is 31.6 Å². The van der Waals surface area contributed by atoms with E-state index in [1.165, 1.54) is 38.9 Å². The number of piperidine rings is 1. The van der Waals surface area contributed by atoms with E-state index in [2.05, 4.69) is 119 Å². The number of likely N-dealkylation sites (N-methyl/N-ethyl adjacent to an activating group) is 1. The molecular formula is C46H63N4O4P. The van der Waals surface area contributed by atoms with Gasteiger partial charge in [-0.05, 0) is 111 Å². The standard InChI is InChI=1S/C46H63N4O4P/c1-7-43(53)25-30-24-42(5,38-32(16-20-49(26-30)27-43)31-12-9-10-13-35(31)47-38)33-23-34-36(22-28(33)3)48(6)40-45(34)18-21-50-19-11-17-44(8-2,39(45)50)41(52)46(40,54)37(51)15-14-29(4)55/h9-13,17,22-23,29-30,39-41,47,52-54H,7-8,14-16,18-21,24-27,55H2,1-6H3/t29?,30?,39?,40?,41-,42-,43?,44-,45-,46+/m1/s1. The van der Waals surface area contributed by atoms with E-state index in [9.17, 15) is 20.1 Å². The van der Waals surface area contributed by atoms with Crippen molar-refractivity contribution < 1.29 is 20.1 Å². The normalized spacial score (nSPS) is 39.8. The highest BCUT2D eigenvalue weighted by atomic mass is 31.0. The first kappa shape index (κ1) is 38.0. The summed E-state index contributed by atoms with van der Waals surface area (Å²) in [4.78, 5) is 25.9. The monoisotopic (exact) mass is 766 g/mol. The van der Waals surface area contributed by atoms with Crippen molar-refractivity contribution in [1.29, 1.82) is 0 Å². The Labute approximate surface area is 329 Å². The van der Waals surface area contributed by atoms with Crippen molar-refractivity contribution in [1.82, 2.24) is 14.8 Å². The lowest BCUT2D eigenvalue weighted by molar-refractivity contribution is -0.202. The van der Waals surface area contributed by atoms with Crippen LogP contribution in [-0.2, 0) is 22.0 Å². The number of carbonyl (C=O) groups excluding carboxylic acids is 1. The second kappa shape index (κ2) is 13.0. The topological polar surface area (TPSA) is 103 Å². The van der Waals surface area contributed by atoms with E-state index in [0.29, 0.717) is 18.8 Å². The van der Waals surface area contributed by atoms with E-state index in [0.717, 1.165) is 70.5 Å². The van der Waals surface area contributed by atoms with Gasteiger partial charge in [-0.3, -0.25) is 14.6 Å². The van der Waals surface area contributed by atoms with Crippen LogP contribution in [0, 0.1) is 18.3 Å². The average molecular weight is 767 g/mol. The zero-order valence-corrected chi connectivity index (χ0v) is 35.0. The summed E-state index contributed by atoms with van der Waals surface area (Å²) in [6, 6.07) is 12.9. The molecule has 1 spiro atoms. The number of fused-ring (bicyclic) bond motifs is 6. The molecule has 8 nitrogen and oxygen atoms in total. The molecule has 6 heterocycles. The molecule has 3 aromatic rings. The minimum atomic E-state index is -1.95. The molecule has 1 saturated carbocycles. The van der Waals surface area contributed by atoms with E-state index < -0.39 is 39.6 Å². The van der Waals surface area contributed by atoms with Crippen LogP contribution in [0.5, 0.6) is 0 Å². The smallest absolute Gasteiger partial charge is 0.170 e. The molecule has 5 aliphatic heterocycles. The van der Waals surface area contributed by atoms with Gasteiger partial charge >= 0.3 is 0 Å². The summed E-state index contributed by atoms with van der Waals surface area (Å²) in [5.74, 6) is 0.0577. The number of Topliss-reactive ketones (excluding diaryl/α,β-unsaturated/α-hetero) is 1. The minimum Gasteiger partial charge on any atom is -0.389 e. The number of anilines is 1. The molecule has 3 fully saturated rings. The first-order valence-corrected chi connectivity index (χ1v) is 21.9. The first-order chi connectivity index (χ1) is 26.2. The summed E-state index contributed by atoms with van der Waals surface area (Å²) in [6.07, 6.45) is 8.73. The number of hydrogen-bond donors (Lipinski definition) is 4. The zero-order chi connectivity index (χ0) is 38.9. The van der Waals surface area contributed by atoms with Gasteiger partial charge in [0.25, 0.3) is 0 Å². The number of aromatic amines is 1. The van der Waals surface area contributed by atoms with Gasteiger partial charge < -0.3 is 25.2 Å². The predicted octanol–water partition coefficient (Wildman–Crippen LogP) is 6.01.